The number of aromatic amines is 1. The Bertz CT molecular complexity index is 1350. The molecule has 1 fully saturated rings. The Kier molecular flexibility index (Phi) is 5.67. The Morgan fingerprint density at radius 3 is 2.85 bits per heavy atom. The highest BCUT2D eigenvalue weighted by Crippen LogP contribution is 2.36. The number of ketones is 1. The molecule has 0 radical (unpaired) electrons. The third-order valence-corrected chi connectivity index (χ3v) is 6.33. The Labute approximate surface area is 196 Å². The summed E-state index contributed by atoms with van der Waals surface area (Å²) in [6, 6.07) is 8.64. The van der Waals surface area contributed by atoms with Crippen molar-refractivity contribution in [2.75, 3.05) is 36.5 Å². The fourth-order valence-electron chi connectivity index (χ4n) is 3.63. The zero-order valence-corrected chi connectivity index (χ0v) is 18.7. The molecule has 4 heterocycles. The molecule has 0 amide bonds. The number of thiophene rings is 1. The van der Waals surface area contributed by atoms with Crippen LogP contribution < -0.4 is 10.2 Å². The van der Waals surface area contributed by atoms with Crippen molar-refractivity contribution in [2.45, 2.75) is 0 Å². The van der Waals surface area contributed by atoms with E-state index in [4.69, 9.17) is 16.3 Å². The van der Waals surface area contributed by atoms with Crippen LogP contribution in [0.4, 0.5) is 23.1 Å². The SMILES string of the molecule is O=C(c1cccs1)c1[nH]c2cc(Cl)ccc2c1Nc1nc(N2CCOCC2)ncc1[N+](=O)[O-]. The number of ether oxygens (including phenoxy) is 1. The summed E-state index contributed by atoms with van der Waals surface area (Å²) in [6.45, 7) is 2.19. The van der Waals surface area contributed by atoms with Crippen LogP contribution in [0.3, 0.4) is 0 Å². The average molecular weight is 485 g/mol. The van der Waals surface area contributed by atoms with Crippen LogP contribution in [0, 0.1) is 10.1 Å². The standard InChI is InChI=1S/C21H17ClN6O4S/c22-12-3-4-13-14(10-12)24-18(19(29)16-2-1-9-33-16)17(13)25-20-15(28(30)31)11-23-21(26-20)27-5-7-32-8-6-27/h1-4,9-11,24H,5-8H2,(H,23,25,26). The van der Waals surface area contributed by atoms with E-state index in [9.17, 15) is 14.9 Å². The van der Waals surface area contributed by atoms with Gasteiger partial charge in [0.15, 0.2) is 0 Å². The minimum atomic E-state index is -0.558. The summed E-state index contributed by atoms with van der Waals surface area (Å²) in [5, 5.41) is 17.7. The predicted molar refractivity (Wildman–Crippen MR) is 126 cm³/mol. The number of halogens is 1. The number of nitro groups is 1. The van der Waals surface area contributed by atoms with Crippen LogP contribution in [0.5, 0.6) is 0 Å². The van der Waals surface area contributed by atoms with E-state index in [0.717, 1.165) is 0 Å². The molecule has 0 atom stereocenters. The number of morpholine rings is 1. The molecule has 3 aromatic heterocycles. The van der Waals surface area contributed by atoms with Crippen LogP contribution in [-0.4, -0.2) is 52.0 Å². The first-order valence-corrected chi connectivity index (χ1v) is 11.3. The zero-order chi connectivity index (χ0) is 22.9. The molecule has 0 bridgehead atoms. The Hall–Kier alpha value is -3.54. The second-order valence-corrected chi connectivity index (χ2v) is 8.64. The maximum absolute atomic E-state index is 13.2. The van der Waals surface area contributed by atoms with Crippen molar-refractivity contribution < 1.29 is 14.5 Å². The van der Waals surface area contributed by atoms with Gasteiger partial charge in [-0.3, -0.25) is 14.9 Å². The van der Waals surface area contributed by atoms with Crippen molar-refractivity contribution in [1.29, 1.82) is 0 Å². The van der Waals surface area contributed by atoms with E-state index in [1.165, 1.54) is 17.5 Å². The lowest BCUT2D eigenvalue weighted by Gasteiger charge is -2.26. The van der Waals surface area contributed by atoms with E-state index in [1.807, 2.05) is 10.3 Å². The molecule has 0 spiro atoms. The quantitative estimate of drug-likeness (QED) is 0.234. The maximum atomic E-state index is 13.2. The number of rotatable bonds is 6. The van der Waals surface area contributed by atoms with Crippen LogP contribution in [-0.2, 0) is 4.74 Å². The van der Waals surface area contributed by atoms with Crippen molar-refractivity contribution in [1.82, 2.24) is 15.0 Å². The van der Waals surface area contributed by atoms with Gasteiger partial charge in [-0.05, 0) is 29.6 Å². The van der Waals surface area contributed by atoms with Gasteiger partial charge in [0.05, 0.1) is 28.7 Å². The summed E-state index contributed by atoms with van der Waals surface area (Å²) in [5.74, 6) is 0.0953. The molecule has 12 heteroatoms. The van der Waals surface area contributed by atoms with Crippen molar-refractivity contribution >= 4 is 62.8 Å². The minimum Gasteiger partial charge on any atom is -0.378 e. The zero-order valence-electron chi connectivity index (χ0n) is 17.1. The molecule has 5 rings (SSSR count). The molecule has 0 saturated carbocycles. The minimum absolute atomic E-state index is 0.00688. The number of aromatic nitrogens is 3. The van der Waals surface area contributed by atoms with E-state index in [-0.39, 0.29) is 23.0 Å². The molecule has 2 N–H and O–H groups in total. The second-order valence-electron chi connectivity index (χ2n) is 7.26. The molecule has 1 aliphatic rings. The van der Waals surface area contributed by atoms with Gasteiger partial charge in [-0.25, -0.2) is 4.98 Å². The maximum Gasteiger partial charge on any atom is 0.329 e. The fraction of sp³-hybridized carbons (Fsp3) is 0.190. The molecule has 168 valence electrons. The number of nitrogens with one attached hydrogen (secondary N) is 2. The van der Waals surface area contributed by atoms with Crippen molar-refractivity contribution in [3.05, 3.63) is 67.6 Å². The molecule has 10 nitrogen and oxygen atoms in total. The van der Waals surface area contributed by atoms with Gasteiger partial charge >= 0.3 is 5.69 Å². The molecule has 1 aromatic carbocycles. The van der Waals surface area contributed by atoms with Gasteiger partial charge < -0.3 is 19.9 Å². The molecule has 4 aromatic rings. The Balaban J connectivity index is 1.63. The highest BCUT2D eigenvalue weighted by Gasteiger charge is 2.26. The first-order valence-electron chi connectivity index (χ1n) is 10.0. The number of carbonyl (C=O) groups is 1. The number of carbonyl (C=O) groups excluding carboxylic acids is 1. The Morgan fingerprint density at radius 1 is 1.30 bits per heavy atom. The summed E-state index contributed by atoms with van der Waals surface area (Å²) in [5.41, 5.74) is 0.963. The number of benzene rings is 1. The number of anilines is 3. The molecule has 0 aliphatic carbocycles. The number of nitrogens with zero attached hydrogens (tertiary/aromatic N) is 4. The number of fused-ring (bicyclic) bond motifs is 1. The summed E-state index contributed by atoms with van der Waals surface area (Å²) < 4.78 is 5.36. The summed E-state index contributed by atoms with van der Waals surface area (Å²) in [7, 11) is 0. The monoisotopic (exact) mass is 484 g/mol. The van der Waals surface area contributed by atoms with Crippen molar-refractivity contribution in [3.63, 3.8) is 0 Å². The average Bonchev–Trinajstić information content (AvgIpc) is 3.47. The van der Waals surface area contributed by atoms with Gasteiger partial charge in [0, 0.05) is 29.0 Å². The van der Waals surface area contributed by atoms with E-state index in [1.54, 1.807) is 30.3 Å². The molecule has 0 unspecified atom stereocenters. The molecular weight excluding hydrogens is 468 g/mol. The molecule has 33 heavy (non-hydrogen) atoms. The van der Waals surface area contributed by atoms with Crippen LogP contribution >= 0.6 is 22.9 Å². The fourth-order valence-corrected chi connectivity index (χ4v) is 4.47. The van der Waals surface area contributed by atoms with Crippen LogP contribution in [0.15, 0.2) is 41.9 Å². The summed E-state index contributed by atoms with van der Waals surface area (Å²) >= 11 is 7.45. The Morgan fingerprint density at radius 2 is 2.12 bits per heavy atom. The largest absolute Gasteiger partial charge is 0.378 e. The lowest BCUT2D eigenvalue weighted by Crippen LogP contribution is -2.37. The molecular formula is C21H17ClN6O4S. The third kappa shape index (κ3) is 4.13. The van der Waals surface area contributed by atoms with E-state index in [0.29, 0.717) is 58.7 Å². The van der Waals surface area contributed by atoms with Crippen molar-refractivity contribution in [3.8, 4) is 0 Å². The number of hydrogen-bond donors (Lipinski definition) is 2. The number of hydrogen-bond acceptors (Lipinski definition) is 9. The highest BCUT2D eigenvalue weighted by molar-refractivity contribution is 7.12. The predicted octanol–water partition coefficient (Wildman–Crippen LogP) is 4.39. The number of H-pyrrole nitrogens is 1. The second kappa shape index (κ2) is 8.77. The van der Waals surface area contributed by atoms with Crippen LogP contribution in [0.25, 0.3) is 10.9 Å². The van der Waals surface area contributed by atoms with Gasteiger partial charge in [-0.1, -0.05) is 17.7 Å². The van der Waals surface area contributed by atoms with E-state index in [2.05, 4.69) is 20.3 Å². The highest BCUT2D eigenvalue weighted by atomic mass is 35.5. The van der Waals surface area contributed by atoms with Gasteiger partial charge in [0.2, 0.25) is 17.5 Å². The van der Waals surface area contributed by atoms with Gasteiger partial charge in [-0.15, -0.1) is 11.3 Å². The van der Waals surface area contributed by atoms with Crippen LogP contribution in [0.1, 0.15) is 15.4 Å². The van der Waals surface area contributed by atoms with Gasteiger partial charge in [-0.2, -0.15) is 4.98 Å². The third-order valence-electron chi connectivity index (χ3n) is 5.22. The summed E-state index contributed by atoms with van der Waals surface area (Å²) in [4.78, 5) is 38.5. The van der Waals surface area contributed by atoms with Crippen molar-refractivity contribution in [2.24, 2.45) is 0 Å². The van der Waals surface area contributed by atoms with Gasteiger partial charge in [0.1, 0.15) is 11.9 Å². The first kappa shape index (κ1) is 21.3. The first-order chi connectivity index (χ1) is 16.0. The van der Waals surface area contributed by atoms with Crippen LogP contribution in [0.2, 0.25) is 5.02 Å². The molecule has 1 saturated heterocycles. The normalized spacial score (nSPS) is 13.9. The lowest BCUT2D eigenvalue weighted by molar-refractivity contribution is -0.384. The molecule has 1 aliphatic heterocycles. The topological polar surface area (TPSA) is 126 Å². The van der Waals surface area contributed by atoms with Gasteiger partial charge in [0.25, 0.3) is 0 Å². The van der Waals surface area contributed by atoms with E-state index >= 15 is 0 Å². The van der Waals surface area contributed by atoms with E-state index < -0.39 is 4.92 Å². The summed E-state index contributed by atoms with van der Waals surface area (Å²) in [6.07, 6.45) is 1.17. The smallest absolute Gasteiger partial charge is 0.329 e. The lowest BCUT2D eigenvalue weighted by atomic mass is 10.1.